The van der Waals surface area contributed by atoms with Crippen molar-refractivity contribution < 1.29 is 4.79 Å². The molecule has 1 aliphatic heterocycles. The fourth-order valence-corrected chi connectivity index (χ4v) is 7.39. The minimum atomic E-state index is -0.0631. The summed E-state index contributed by atoms with van der Waals surface area (Å²) in [6.07, 6.45) is 7.58. The predicted octanol–water partition coefficient (Wildman–Crippen LogP) is 3.70. The molecule has 158 valence electrons. The maximum absolute atomic E-state index is 13.6. The topological polar surface area (TPSA) is 35.6 Å². The lowest BCUT2D eigenvalue weighted by atomic mass is 9.49. The molecule has 1 amide bonds. The lowest BCUT2D eigenvalue weighted by Crippen LogP contribution is -2.57. The third-order valence-electron chi connectivity index (χ3n) is 8.42. The van der Waals surface area contributed by atoms with Crippen molar-refractivity contribution in [2.45, 2.75) is 57.5 Å². The van der Waals surface area contributed by atoms with Gasteiger partial charge in [0.05, 0.1) is 6.04 Å². The van der Waals surface area contributed by atoms with E-state index in [4.69, 9.17) is 0 Å². The van der Waals surface area contributed by atoms with E-state index in [0.29, 0.717) is 5.91 Å². The molecule has 4 aliphatic carbocycles. The minimum Gasteiger partial charge on any atom is -0.351 e. The van der Waals surface area contributed by atoms with Gasteiger partial charge in [0.1, 0.15) is 0 Å². The Morgan fingerprint density at radius 1 is 0.966 bits per heavy atom. The molecule has 4 bridgehead atoms. The van der Waals surface area contributed by atoms with Crippen LogP contribution in [-0.4, -0.2) is 55.0 Å². The standard InChI is InChI=1S/C25H37N3O/c1-18(23(22-6-4-3-5-7-22)28-10-8-27(2)9-11-28)26-24(29)25-15-19-12-20(16-25)14-21(13-19)17-25/h3-7,18-21,23H,8-17H2,1-2H3,(H,26,29)/t18-,19?,20?,21?,23+,25?/m0/s1. The van der Waals surface area contributed by atoms with Crippen molar-refractivity contribution in [3.05, 3.63) is 35.9 Å². The number of rotatable bonds is 5. The van der Waals surface area contributed by atoms with Crippen molar-refractivity contribution in [3.63, 3.8) is 0 Å². The number of piperazine rings is 1. The summed E-state index contributed by atoms with van der Waals surface area (Å²) in [5, 5.41) is 3.55. The zero-order valence-electron chi connectivity index (χ0n) is 18.1. The van der Waals surface area contributed by atoms with E-state index in [-0.39, 0.29) is 17.5 Å². The number of hydrogen-bond acceptors (Lipinski definition) is 3. The Balaban J connectivity index is 1.34. The average Bonchev–Trinajstić information content (AvgIpc) is 2.69. The number of benzene rings is 1. The molecule has 4 nitrogen and oxygen atoms in total. The van der Waals surface area contributed by atoms with Gasteiger partial charge in [0.25, 0.3) is 0 Å². The van der Waals surface area contributed by atoms with Crippen LogP contribution < -0.4 is 5.32 Å². The zero-order valence-corrected chi connectivity index (χ0v) is 18.1. The summed E-state index contributed by atoms with van der Waals surface area (Å²) >= 11 is 0. The number of carbonyl (C=O) groups is 1. The van der Waals surface area contributed by atoms with Crippen LogP contribution in [0.5, 0.6) is 0 Å². The number of nitrogens with one attached hydrogen (secondary N) is 1. The molecule has 1 heterocycles. The third kappa shape index (κ3) is 3.74. The molecule has 6 rings (SSSR count). The van der Waals surface area contributed by atoms with E-state index in [9.17, 15) is 4.79 Å². The van der Waals surface area contributed by atoms with Gasteiger partial charge in [0.2, 0.25) is 5.91 Å². The van der Waals surface area contributed by atoms with Gasteiger partial charge in [0.15, 0.2) is 0 Å². The lowest BCUT2D eigenvalue weighted by Gasteiger charge is -2.56. The van der Waals surface area contributed by atoms with Gasteiger partial charge in [-0.2, -0.15) is 0 Å². The summed E-state index contributed by atoms with van der Waals surface area (Å²) in [5.41, 5.74) is 1.27. The van der Waals surface area contributed by atoms with E-state index >= 15 is 0 Å². The van der Waals surface area contributed by atoms with Crippen molar-refractivity contribution in [1.29, 1.82) is 0 Å². The van der Waals surface area contributed by atoms with Crippen molar-refractivity contribution in [2.75, 3.05) is 33.2 Å². The fraction of sp³-hybridized carbons (Fsp3) is 0.720. The largest absolute Gasteiger partial charge is 0.351 e. The van der Waals surface area contributed by atoms with Crippen LogP contribution in [0.2, 0.25) is 0 Å². The second kappa shape index (κ2) is 7.70. The molecule has 1 aromatic carbocycles. The van der Waals surface area contributed by atoms with Crippen molar-refractivity contribution in [1.82, 2.24) is 15.1 Å². The first-order valence-corrected chi connectivity index (χ1v) is 11.8. The first-order chi connectivity index (χ1) is 14.0. The Hall–Kier alpha value is -1.39. The van der Waals surface area contributed by atoms with Crippen LogP contribution in [0.25, 0.3) is 0 Å². The van der Waals surface area contributed by atoms with E-state index in [1.54, 1.807) is 0 Å². The number of hydrogen-bond donors (Lipinski definition) is 1. The molecule has 0 aromatic heterocycles. The highest BCUT2D eigenvalue weighted by molar-refractivity contribution is 5.83. The van der Waals surface area contributed by atoms with Gasteiger partial charge >= 0.3 is 0 Å². The van der Waals surface area contributed by atoms with Crippen LogP contribution in [0, 0.1) is 23.2 Å². The summed E-state index contributed by atoms with van der Waals surface area (Å²) in [7, 11) is 2.20. The molecule has 1 aromatic rings. The summed E-state index contributed by atoms with van der Waals surface area (Å²) < 4.78 is 0. The highest BCUT2D eigenvalue weighted by Crippen LogP contribution is 2.60. The predicted molar refractivity (Wildman–Crippen MR) is 116 cm³/mol. The van der Waals surface area contributed by atoms with E-state index < -0.39 is 0 Å². The van der Waals surface area contributed by atoms with Crippen LogP contribution in [0.4, 0.5) is 0 Å². The molecule has 5 fully saturated rings. The van der Waals surface area contributed by atoms with Crippen molar-refractivity contribution >= 4 is 5.91 Å². The first-order valence-electron chi connectivity index (χ1n) is 11.8. The maximum Gasteiger partial charge on any atom is 0.226 e. The number of likely N-dealkylation sites (N-methyl/N-ethyl adjacent to an activating group) is 1. The smallest absolute Gasteiger partial charge is 0.226 e. The molecule has 5 aliphatic rings. The number of nitrogens with zero attached hydrogens (tertiary/aromatic N) is 2. The zero-order chi connectivity index (χ0) is 20.0. The molecule has 4 saturated carbocycles. The van der Waals surface area contributed by atoms with Crippen molar-refractivity contribution in [2.24, 2.45) is 23.2 Å². The van der Waals surface area contributed by atoms with Crippen LogP contribution >= 0.6 is 0 Å². The van der Waals surface area contributed by atoms with Gasteiger partial charge in [-0.25, -0.2) is 0 Å². The Kier molecular flexibility index (Phi) is 5.19. The maximum atomic E-state index is 13.6. The second-order valence-electron chi connectivity index (χ2n) is 10.7. The third-order valence-corrected chi connectivity index (χ3v) is 8.42. The normalized spacial score (nSPS) is 36.7. The number of carbonyl (C=O) groups excluding carboxylic acids is 1. The molecule has 2 atom stereocenters. The Morgan fingerprint density at radius 3 is 2.07 bits per heavy atom. The summed E-state index contributed by atoms with van der Waals surface area (Å²) in [6, 6.07) is 11.2. The second-order valence-corrected chi connectivity index (χ2v) is 10.7. The molecule has 1 saturated heterocycles. The quantitative estimate of drug-likeness (QED) is 0.826. The van der Waals surface area contributed by atoms with Gasteiger partial charge in [-0.3, -0.25) is 9.69 Å². The monoisotopic (exact) mass is 395 g/mol. The lowest BCUT2D eigenvalue weighted by molar-refractivity contribution is -0.147. The molecule has 0 spiro atoms. The Bertz CT molecular complexity index is 690. The summed E-state index contributed by atoms with van der Waals surface area (Å²) in [6.45, 7) is 6.55. The van der Waals surface area contributed by atoms with Gasteiger partial charge in [0, 0.05) is 37.6 Å². The highest BCUT2D eigenvalue weighted by Gasteiger charge is 2.54. The highest BCUT2D eigenvalue weighted by atomic mass is 16.2. The van der Waals surface area contributed by atoms with Crippen LogP contribution in [0.15, 0.2) is 30.3 Å². The molecule has 4 heteroatoms. The number of amides is 1. The van der Waals surface area contributed by atoms with Gasteiger partial charge < -0.3 is 10.2 Å². The first kappa shape index (κ1) is 19.6. The van der Waals surface area contributed by atoms with E-state index in [1.165, 1.54) is 24.8 Å². The molecule has 0 radical (unpaired) electrons. The van der Waals surface area contributed by atoms with E-state index in [2.05, 4.69) is 59.4 Å². The van der Waals surface area contributed by atoms with E-state index in [0.717, 1.165) is 63.2 Å². The Labute approximate surface area is 176 Å². The van der Waals surface area contributed by atoms with Gasteiger partial charge in [-0.05, 0) is 75.8 Å². The summed E-state index contributed by atoms with van der Waals surface area (Å²) in [4.78, 5) is 18.6. The van der Waals surface area contributed by atoms with Crippen LogP contribution in [0.3, 0.4) is 0 Å². The molecular weight excluding hydrogens is 358 g/mol. The average molecular weight is 396 g/mol. The van der Waals surface area contributed by atoms with Gasteiger partial charge in [-0.15, -0.1) is 0 Å². The van der Waals surface area contributed by atoms with E-state index in [1.807, 2.05) is 0 Å². The van der Waals surface area contributed by atoms with Gasteiger partial charge in [-0.1, -0.05) is 30.3 Å². The van der Waals surface area contributed by atoms with Crippen LogP contribution in [0.1, 0.15) is 57.1 Å². The molecule has 29 heavy (non-hydrogen) atoms. The summed E-state index contributed by atoms with van der Waals surface area (Å²) in [5.74, 6) is 2.79. The molecule has 1 N–H and O–H groups in total. The minimum absolute atomic E-state index is 0.0631. The van der Waals surface area contributed by atoms with Crippen molar-refractivity contribution in [3.8, 4) is 0 Å². The Morgan fingerprint density at radius 2 is 1.52 bits per heavy atom. The molecule has 0 unspecified atom stereocenters. The SMILES string of the molecule is C[C@H](NC(=O)C12CC3CC(CC(C3)C1)C2)[C@H](c1ccccc1)N1CCN(C)CC1. The van der Waals surface area contributed by atoms with Crippen LogP contribution in [-0.2, 0) is 4.79 Å². The fourth-order valence-electron chi connectivity index (χ4n) is 7.39. The molecular formula is C25H37N3O.